The second kappa shape index (κ2) is 13.4. The van der Waals surface area contributed by atoms with E-state index < -0.39 is 0 Å². The molecule has 1 saturated heterocycles. The highest BCUT2D eigenvalue weighted by Gasteiger charge is 2.23. The molecular formula is C33H35N5O5S. The largest absolute Gasteiger partial charge is 0.454 e. The van der Waals surface area contributed by atoms with Crippen LogP contribution in [0.3, 0.4) is 0 Å². The van der Waals surface area contributed by atoms with Gasteiger partial charge in [-0.1, -0.05) is 55.4 Å². The summed E-state index contributed by atoms with van der Waals surface area (Å²) in [5.41, 5.74) is 2.87. The molecule has 3 heterocycles. The van der Waals surface area contributed by atoms with E-state index in [0.29, 0.717) is 52.8 Å². The number of nitrogens with one attached hydrogen (secondary N) is 1. The summed E-state index contributed by atoms with van der Waals surface area (Å²) in [5, 5.41) is 3.76. The molecule has 4 aromatic rings. The maximum Gasteiger partial charge on any atom is 0.262 e. The Morgan fingerprint density at radius 1 is 0.955 bits per heavy atom. The van der Waals surface area contributed by atoms with Gasteiger partial charge in [0.15, 0.2) is 16.7 Å². The number of hydrogen-bond acceptors (Lipinski definition) is 8. The highest BCUT2D eigenvalue weighted by atomic mass is 32.2. The standard InChI is InChI=1S/C33H35N5O5S/c1-2-3-13-34-30(39)21-44-33-35-27-19-29-28(42-22-43-29)18-26(27)32(41)38(33)20-23-9-11-24(12-10-23)31(40)37-16-14-36(15-17-37)25-7-5-4-6-8-25/h4-12,18-19H,2-3,13-17,20-22H2,1H3,(H,34,39). The fourth-order valence-electron chi connectivity index (χ4n) is 5.35. The van der Waals surface area contributed by atoms with Crippen LogP contribution in [0.4, 0.5) is 5.69 Å². The van der Waals surface area contributed by atoms with Gasteiger partial charge in [-0.2, -0.15) is 0 Å². The van der Waals surface area contributed by atoms with Crippen LogP contribution in [0.15, 0.2) is 76.7 Å². The average Bonchev–Trinajstić information content (AvgIpc) is 3.53. The van der Waals surface area contributed by atoms with Gasteiger partial charge in [-0.25, -0.2) is 4.98 Å². The SMILES string of the molecule is CCCCNC(=O)CSc1nc2cc3c(cc2c(=O)n1Cc1ccc(C(=O)N2CCN(c4ccccc4)CC2)cc1)OCO3. The Morgan fingerprint density at radius 2 is 1.68 bits per heavy atom. The third-order valence-electron chi connectivity index (χ3n) is 7.83. The lowest BCUT2D eigenvalue weighted by Crippen LogP contribution is -2.48. The number of benzene rings is 3. The maximum absolute atomic E-state index is 13.8. The molecule has 3 aromatic carbocycles. The number of nitrogens with zero attached hydrogens (tertiary/aromatic N) is 4. The van der Waals surface area contributed by atoms with Crippen LogP contribution >= 0.6 is 11.8 Å². The molecule has 10 nitrogen and oxygen atoms in total. The number of thioether (sulfide) groups is 1. The molecule has 2 aliphatic heterocycles. The first-order chi connectivity index (χ1) is 21.5. The highest BCUT2D eigenvalue weighted by Crippen LogP contribution is 2.35. The topological polar surface area (TPSA) is 106 Å². The zero-order chi connectivity index (χ0) is 30.5. The van der Waals surface area contributed by atoms with Crippen molar-refractivity contribution in [1.82, 2.24) is 19.8 Å². The van der Waals surface area contributed by atoms with Gasteiger partial charge in [-0.15, -0.1) is 0 Å². The van der Waals surface area contributed by atoms with E-state index in [1.54, 1.807) is 16.7 Å². The van der Waals surface area contributed by atoms with Crippen molar-refractivity contribution in [3.63, 3.8) is 0 Å². The lowest BCUT2D eigenvalue weighted by Gasteiger charge is -2.36. The number of carbonyl (C=O) groups is 2. The first-order valence-electron chi connectivity index (χ1n) is 14.9. The lowest BCUT2D eigenvalue weighted by molar-refractivity contribution is -0.118. The van der Waals surface area contributed by atoms with E-state index in [1.165, 1.54) is 17.4 Å². The number of carbonyl (C=O) groups excluding carboxylic acids is 2. The minimum absolute atomic E-state index is 0.00444. The second-order valence-electron chi connectivity index (χ2n) is 10.8. The van der Waals surface area contributed by atoms with Crippen molar-refractivity contribution in [1.29, 1.82) is 0 Å². The predicted octanol–water partition coefficient (Wildman–Crippen LogP) is 4.14. The summed E-state index contributed by atoms with van der Waals surface area (Å²) in [7, 11) is 0. The Hall–Kier alpha value is -4.51. The fourth-order valence-corrected chi connectivity index (χ4v) is 6.18. The summed E-state index contributed by atoms with van der Waals surface area (Å²) in [6.07, 6.45) is 1.90. The quantitative estimate of drug-likeness (QED) is 0.162. The summed E-state index contributed by atoms with van der Waals surface area (Å²) < 4.78 is 12.6. The molecule has 1 N–H and O–H groups in total. The number of piperazine rings is 1. The number of anilines is 1. The molecule has 0 radical (unpaired) electrons. The van der Waals surface area contributed by atoms with E-state index in [9.17, 15) is 14.4 Å². The van der Waals surface area contributed by atoms with E-state index in [-0.39, 0.29) is 36.5 Å². The molecule has 0 saturated carbocycles. The van der Waals surface area contributed by atoms with Crippen LogP contribution in [-0.2, 0) is 11.3 Å². The summed E-state index contributed by atoms with van der Waals surface area (Å²) in [6.45, 7) is 5.88. The molecular weight excluding hydrogens is 578 g/mol. The molecule has 44 heavy (non-hydrogen) atoms. The molecule has 1 fully saturated rings. The summed E-state index contributed by atoms with van der Waals surface area (Å²) >= 11 is 1.22. The van der Waals surface area contributed by atoms with Crippen LogP contribution in [0.5, 0.6) is 11.5 Å². The first-order valence-corrected chi connectivity index (χ1v) is 15.9. The molecule has 0 spiro atoms. The van der Waals surface area contributed by atoms with Crippen LogP contribution < -0.4 is 25.2 Å². The molecule has 6 rings (SSSR count). The van der Waals surface area contributed by atoms with Crippen molar-refractivity contribution in [2.45, 2.75) is 31.5 Å². The van der Waals surface area contributed by atoms with Gasteiger partial charge in [0.1, 0.15) is 0 Å². The van der Waals surface area contributed by atoms with Crippen molar-refractivity contribution in [2.75, 3.05) is 50.2 Å². The van der Waals surface area contributed by atoms with Gasteiger partial charge in [0.2, 0.25) is 12.7 Å². The molecule has 0 bridgehead atoms. The first kappa shape index (κ1) is 29.6. The molecule has 0 aliphatic carbocycles. The monoisotopic (exact) mass is 613 g/mol. The number of hydrogen-bond donors (Lipinski definition) is 1. The highest BCUT2D eigenvalue weighted by molar-refractivity contribution is 7.99. The van der Waals surface area contributed by atoms with Crippen molar-refractivity contribution in [2.24, 2.45) is 0 Å². The van der Waals surface area contributed by atoms with E-state index in [2.05, 4.69) is 29.3 Å². The molecule has 0 atom stereocenters. The van der Waals surface area contributed by atoms with E-state index in [1.807, 2.05) is 47.4 Å². The van der Waals surface area contributed by atoms with Crippen LogP contribution in [0, 0.1) is 0 Å². The Balaban J connectivity index is 1.19. The minimum Gasteiger partial charge on any atom is -0.454 e. The number of para-hydroxylation sites is 1. The fraction of sp³-hybridized carbons (Fsp3) is 0.333. The second-order valence-corrected chi connectivity index (χ2v) is 11.8. The van der Waals surface area contributed by atoms with Crippen molar-refractivity contribution < 1.29 is 19.1 Å². The van der Waals surface area contributed by atoms with E-state index in [0.717, 1.165) is 31.5 Å². The average molecular weight is 614 g/mol. The molecule has 11 heteroatoms. The van der Waals surface area contributed by atoms with Gasteiger partial charge < -0.3 is 24.6 Å². The Morgan fingerprint density at radius 3 is 2.41 bits per heavy atom. The lowest BCUT2D eigenvalue weighted by atomic mass is 10.1. The zero-order valence-electron chi connectivity index (χ0n) is 24.7. The summed E-state index contributed by atoms with van der Waals surface area (Å²) in [6, 6.07) is 21.0. The molecule has 2 aliphatic rings. The van der Waals surface area contributed by atoms with Gasteiger partial charge in [-0.05, 0) is 42.3 Å². The summed E-state index contributed by atoms with van der Waals surface area (Å²) in [5.74, 6) is 1.07. The van der Waals surface area contributed by atoms with Crippen LogP contribution in [0.2, 0.25) is 0 Å². The number of fused-ring (bicyclic) bond motifs is 2. The van der Waals surface area contributed by atoms with Gasteiger partial charge in [0, 0.05) is 50.0 Å². The number of ether oxygens (including phenoxy) is 2. The third kappa shape index (κ3) is 6.52. The van der Waals surface area contributed by atoms with Crippen molar-refractivity contribution >= 4 is 40.2 Å². The smallest absolute Gasteiger partial charge is 0.262 e. The van der Waals surface area contributed by atoms with Crippen LogP contribution in [-0.4, -0.2) is 71.5 Å². The molecule has 0 unspecified atom stereocenters. The zero-order valence-corrected chi connectivity index (χ0v) is 25.5. The van der Waals surface area contributed by atoms with Crippen molar-refractivity contribution in [3.05, 3.63) is 88.2 Å². The Bertz CT molecular complexity index is 1700. The van der Waals surface area contributed by atoms with E-state index >= 15 is 0 Å². The molecule has 1 aromatic heterocycles. The third-order valence-corrected chi connectivity index (χ3v) is 8.80. The number of aromatic nitrogens is 2. The maximum atomic E-state index is 13.8. The van der Waals surface area contributed by atoms with Crippen LogP contribution in [0.1, 0.15) is 35.7 Å². The summed E-state index contributed by atoms with van der Waals surface area (Å²) in [4.78, 5) is 48.4. The van der Waals surface area contributed by atoms with Gasteiger partial charge in [0.25, 0.3) is 11.5 Å². The van der Waals surface area contributed by atoms with Gasteiger partial charge >= 0.3 is 0 Å². The minimum atomic E-state index is -0.237. The van der Waals surface area contributed by atoms with Gasteiger partial charge in [0.05, 0.1) is 23.2 Å². The number of amides is 2. The molecule has 2 amide bonds. The normalized spacial score (nSPS) is 14.2. The molecule has 228 valence electrons. The predicted molar refractivity (Wildman–Crippen MR) is 171 cm³/mol. The number of unbranched alkanes of at least 4 members (excludes halogenated alkanes) is 1. The van der Waals surface area contributed by atoms with Crippen LogP contribution in [0.25, 0.3) is 10.9 Å². The Kier molecular flexibility index (Phi) is 9.02. The van der Waals surface area contributed by atoms with Gasteiger partial charge in [-0.3, -0.25) is 19.0 Å². The van der Waals surface area contributed by atoms with Crippen molar-refractivity contribution in [3.8, 4) is 11.5 Å². The Labute approximate surface area is 260 Å². The van der Waals surface area contributed by atoms with E-state index in [4.69, 9.17) is 14.5 Å². The number of rotatable bonds is 10.